The fraction of sp³-hybridized carbons (Fsp3) is 0.487. The number of phenols is 1. The Bertz CT molecular complexity index is 1360. The van der Waals surface area contributed by atoms with Gasteiger partial charge in [-0.05, 0) is 133 Å². The van der Waals surface area contributed by atoms with Crippen LogP contribution in [0, 0.1) is 55.4 Å². The molecule has 0 aliphatic carbocycles. The molecule has 3 aromatic rings. The minimum atomic E-state index is -0.146. The number of aromatic hydroxyl groups is 1. The molecular weight excluding hydrogens is 580 g/mol. The molecule has 0 radical (unpaired) electrons. The summed E-state index contributed by atoms with van der Waals surface area (Å²) in [6.07, 6.45) is 7.14. The highest BCUT2D eigenvalue weighted by Crippen LogP contribution is 2.33. The van der Waals surface area contributed by atoms with E-state index < -0.39 is 0 Å². The topological polar surface area (TPSA) is 91.3 Å². The second-order valence-electron chi connectivity index (χ2n) is 12.3. The van der Waals surface area contributed by atoms with Gasteiger partial charge in [0.15, 0.2) is 0 Å². The van der Waals surface area contributed by atoms with Gasteiger partial charge in [0.25, 0.3) is 0 Å². The number of carbonyl (C=O) groups is 2. The van der Waals surface area contributed by atoms with Crippen LogP contribution in [0.2, 0.25) is 0 Å². The number of rotatable bonds is 9. The van der Waals surface area contributed by atoms with E-state index in [2.05, 4.69) is 32.9 Å². The van der Waals surface area contributed by atoms with Crippen LogP contribution in [-0.2, 0) is 19.1 Å². The SMILES string of the molecule is COCCCCCC(=O)Oc1c(C)cc(C)cc1C.Cc1cc(C)c(Oc2cc(C)c(O)c(C)c2)c(C)c1.O=C1CCCCCO1. The van der Waals surface area contributed by atoms with Crippen LogP contribution in [0.3, 0.4) is 0 Å². The molecule has 0 amide bonds. The summed E-state index contributed by atoms with van der Waals surface area (Å²) in [5, 5.41) is 9.79. The average Bonchev–Trinajstić information content (AvgIpc) is 3.23. The first-order chi connectivity index (χ1) is 21.8. The first-order valence-corrected chi connectivity index (χ1v) is 16.3. The monoisotopic (exact) mass is 634 g/mol. The average molecular weight is 635 g/mol. The molecular formula is C39H54O7. The molecule has 0 aromatic heterocycles. The molecule has 46 heavy (non-hydrogen) atoms. The Hall–Kier alpha value is -3.84. The molecule has 1 fully saturated rings. The van der Waals surface area contributed by atoms with Gasteiger partial charge in [-0.3, -0.25) is 9.59 Å². The number of esters is 2. The van der Waals surface area contributed by atoms with Crippen LogP contribution in [0.1, 0.15) is 95.9 Å². The molecule has 4 rings (SSSR count). The standard InChI is InChI=1S/C17H20O2.C16H24O3.C6H10O2/c1-10-6-13(4)17(14(5)7-10)19-15-8-11(2)16(18)12(3)9-15;1-12-10-13(2)16(14(3)11-12)19-15(17)8-6-5-7-9-18-4;7-6-4-2-1-3-5-8-6/h6-9,18H,1-5H3;10-11H,5-9H2,1-4H3;1-5H2. The number of benzene rings is 3. The highest BCUT2D eigenvalue weighted by atomic mass is 16.5. The zero-order valence-corrected chi connectivity index (χ0v) is 29.4. The van der Waals surface area contributed by atoms with Crippen molar-refractivity contribution < 1.29 is 33.6 Å². The number of hydrogen-bond acceptors (Lipinski definition) is 7. The van der Waals surface area contributed by atoms with Crippen LogP contribution in [0.4, 0.5) is 0 Å². The highest BCUT2D eigenvalue weighted by Gasteiger charge is 2.11. The number of phenolic OH excluding ortho intramolecular Hbond substituents is 1. The second kappa shape index (κ2) is 19.6. The molecule has 1 saturated heterocycles. The third-order valence-electron chi connectivity index (χ3n) is 7.63. The maximum atomic E-state index is 11.8. The number of carbonyl (C=O) groups excluding carboxylic acids is 2. The van der Waals surface area contributed by atoms with Crippen LogP contribution >= 0.6 is 0 Å². The highest BCUT2D eigenvalue weighted by molar-refractivity contribution is 5.73. The van der Waals surface area contributed by atoms with Gasteiger partial charge in [-0.1, -0.05) is 41.8 Å². The molecule has 1 N–H and O–H groups in total. The van der Waals surface area contributed by atoms with E-state index in [1.807, 2.05) is 58.9 Å². The van der Waals surface area contributed by atoms with Gasteiger partial charge in [0.05, 0.1) is 6.61 Å². The zero-order chi connectivity index (χ0) is 34.2. The normalized spacial score (nSPS) is 12.5. The Labute approximate surface area is 276 Å². The van der Waals surface area contributed by atoms with Crippen molar-refractivity contribution in [3.8, 4) is 23.0 Å². The van der Waals surface area contributed by atoms with Gasteiger partial charge in [-0.2, -0.15) is 0 Å². The minimum absolute atomic E-state index is 0.0255. The Morgan fingerprint density at radius 1 is 0.717 bits per heavy atom. The van der Waals surface area contributed by atoms with E-state index >= 15 is 0 Å². The quantitative estimate of drug-likeness (QED) is 0.142. The second-order valence-corrected chi connectivity index (χ2v) is 12.3. The maximum Gasteiger partial charge on any atom is 0.311 e. The Morgan fingerprint density at radius 2 is 1.26 bits per heavy atom. The lowest BCUT2D eigenvalue weighted by Gasteiger charge is -2.14. The number of ether oxygens (including phenoxy) is 4. The summed E-state index contributed by atoms with van der Waals surface area (Å²) in [5.74, 6) is 2.55. The first-order valence-electron chi connectivity index (χ1n) is 16.3. The van der Waals surface area contributed by atoms with Crippen LogP contribution in [0.5, 0.6) is 23.0 Å². The van der Waals surface area contributed by atoms with Crippen molar-refractivity contribution in [2.45, 2.75) is 107 Å². The molecule has 0 saturated carbocycles. The number of aryl methyl sites for hydroxylation is 8. The summed E-state index contributed by atoms with van der Waals surface area (Å²) >= 11 is 0. The molecule has 252 valence electrons. The van der Waals surface area contributed by atoms with Gasteiger partial charge in [-0.15, -0.1) is 0 Å². The van der Waals surface area contributed by atoms with E-state index in [1.165, 1.54) is 11.1 Å². The van der Waals surface area contributed by atoms with Crippen molar-refractivity contribution in [3.05, 3.63) is 80.9 Å². The smallest absolute Gasteiger partial charge is 0.311 e. The number of cyclic esters (lactones) is 1. The molecule has 1 heterocycles. The molecule has 7 heteroatoms. The maximum absolute atomic E-state index is 11.8. The summed E-state index contributed by atoms with van der Waals surface area (Å²) in [4.78, 5) is 22.2. The fourth-order valence-electron chi connectivity index (χ4n) is 5.41. The van der Waals surface area contributed by atoms with E-state index in [9.17, 15) is 14.7 Å². The molecule has 1 aliphatic heterocycles. The van der Waals surface area contributed by atoms with Gasteiger partial charge in [0, 0.05) is 26.6 Å². The molecule has 1 aliphatic rings. The van der Waals surface area contributed by atoms with E-state index in [4.69, 9.17) is 18.9 Å². The predicted molar refractivity (Wildman–Crippen MR) is 184 cm³/mol. The third-order valence-corrected chi connectivity index (χ3v) is 7.63. The van der Waals surface area contributed by atoms with Crippen molar-refractivity contribution in [1.29, 1.82) is 0 Å². The van der Waals surface area contributed by atoms with Crippen molar-refractivity contribution >= 4 is 11.9 Å². The third kappa shape index (κ3) is 13.3. The van der Waals surface area contributed by atoms with E-state index in [0.717, 1.165) is 90.0 Å². The summed E-state index contributed by atoms with van der Waals surface area (Å²) in [6, 6.07) is 12.0. The van der Waals surface area contributed by atoms with Crippen molar-refractivity contribution in [1.82, 2.24) is 0 Å². The number of methoxy groups -OCH3 is 1. The molecule has 7 nitrogen and oxygen atoms in total. The van der Waals surface area contributed by atoms with E-state index in [1.54, 1.807) is 7.11 Å². The molecule has 0 atom stereocenters. The van der Waals surface area contributed by atoms with E-state index in [-0.39, 0.29) is 11.9 Å². The lowest BCUT2D eigenvalue weighted by atomic mass is 10.1. The number of hydrogen-bond donors (Lipinski definition) is 1. The Kier molecular flexibility index (Phi) is 16.4. The molecule has 0 unspecified atom stereocenters. The van der Waals surface area contributed by atoms with Gasteiger partial charge in [0.2, 0.25) is 0 Å². The van der Waals surface area contributed by atoms with Crippen LogP contribution in [0.15, 0.2) is 36.4 Å². The van der Waals surface area contributed by atoms with Gasteiger partial charge in [-0.25, -0.2) is 0 Å². The predicted octanol–water partition coefficient (Wildman–Crippen LogP) is 9.55. The van der Waals surface area contributed by atoms with Crippen molar-refractivity contribution in [2.75, 3.05) is 20.3 Å². The van der Waals surface area contributed by atoms with Crippen LogP contribution in [0.25, 0.3) is 0 Å². The molecule has 0 spiro atoms. The number of unbranched alkanes of at least 4 members (excludes halogenated alkanes) is 2. The zero-order valence-electron chi connectivity index (χ0n) is 29.4. The van der Waals surface area contributed by atoms with E-state index in [0.29, 0.717) is 30.9 Å². The van der Waals surface area contributed by atoms with Crippen LogP contribution < -0.4 is 9.47 Å². The minimum Gasteiger partial charge on any atom is -0.507 e. The van der Waals surface area contributed by atoms with Crippen molar-refractivity contribution in [2.24, 2.45) is 0 Å². The Balaban J connectivity index is 0.000000259. The summed E-state index contributed by atoms with van der Waals surface area (Å²) in [7, 11) is 1.69. The first kappa shape index (κ1) is 38.3. The van der Waals surface area contributed by atoms with Gasteiger partial charge in [0.1, 0.15) is 23.0 Å². The lowest BCUT2D eigenvalue weighted by molar-refractivity contribution is -0.142. The molecule has 3 aromatic carbocycles. The summed E-state index contributed by atoms with van der Waals surface area (Å²) in [6.45, 7) is 17.3. The van der Waals surface area contributed by atoms with Crippen LogP contribution in [-0.4, -0.2) is 37.4 Å². The fourth-order valence-corrected chi connectivity index (χ4v) is 5.41. The van der Waals surface area contributed by atoms with Gasteiger partial charge < -0.3 is 24.1 Å². The van der Waals surface area contributed by atoms with Gasteiger partial charge >= 0.3 is 11.9 Å². The largest absolute Gasteiger partial charge is 0.507 e. The molecule has 0 bridgehead atoms. The Morgan fingerprint density at radius 3 is 1.80 bits per heavy atom. The summed E-state index contributed by atoms with van der Waals surface area (Å²) < 4.78 is 21.2. The lowest BCUT2D eigenvalue weighted by Crippen LogP contribution is -2.09. The summed E-state index contributed by atoms with van der Waals surface area (Å²) in [5.41, 5.74) is 8.38. The van der Waals surface area contributed by atoms with Crippen molar-refractivity contribution in [3.63, 3.8) is 0 Å².